The first-order valence-corrected chi connectivity index (χ1v) is 17.5. The van der Waals surface area contributed by atoms with Crippen LogP contribution in [-0.2, 0) is 5.41 Å². The molecule has 5 aliphatic rings. The van der Waals surface area contributed by atoms with Crippen LogP contribution in [0.4, 0.5) is 0 Å². The minimum atomic E-state index is -0.343. The van der Waals surface area contributed by atoms with Gasteiger partial charge in [0.25, 0.3) is 0 Å². The zero-order valence-corrected chi connectivity index (χ0v) is 26.8. The summed E-state index contributed by atoms with van der Waals surface area (Å²) in [6, 6.07) is 46.2. The van der Waals surface area contributed by atoms with Gasteiger partial charge in [0.1, 0.15) is 0 Å². The van der Waals surface area contributed by atoms with Crippen molar-refractivity contribution in [1.29, 1.82) is 0 Å². The third-order valence-corrected chi connectivity index (χ3v) is 13.0. The van der Waals surface area contributed by atoms with Crippen molar-refractivity contribution >= 4 is 28.1 Å². The molecule has 6 aromatic rings. The molecule has 47 heavy (non-hydrogen) atoms. The third kappa shape index (κ3) is 2.99. The van der Waals surface area contributed by atoms with Gasteiger partial charge in [-0.15, -0.1) is 0 Å². The van der Waals surface area contributed by atoms with Crippen molar-refractivity contribution in [3.05, 3.63) is 186 Å². The van der Waals surface area contributed by atoms with E-state index in [9.17, 15) is 0 Å². The van der Waals surface area contributed by atoms with Gasteiger partial charge in [0.05, 0.1) is 5.41 Å². The van der Waals surface area contributed by atoms with Crippen molar-refractivity contribution in [2.24, 2.45) is 11.3 Å². The summed E-state index contributed by atoms with van der Waals surface area (Å²) in [4.78, 5) is 2.67. The van der Waals surface area contributed by atoms with E-state index in [0.717, 1.165) is 0 Å². The Labute approximate surface area is 279 Å². The average molecular weight is 615 g/mol. The molecule has 1 aliphatic heterocycles. The highest BCUT2D eigenvalue weighted by atomic mass is 32.2. The van der Waals surface area contributed by atoms with Crippen LogP contribution in [0.2, 0.25) is 0 Å². The topological polar surface area (TPSA) is 0 Å². The molecule has 3 atom stereocenters. The van der Waals surface area contributed by atoms with Crippen LogP contribution in [0.3, 0.4) is 0 Å². The van der Waals surface area contributed by atoms with E-state index in [1.54, 1.807) is 0 Å². The van der Waals surface area contributed by atoms with Crippen molar-refractivity contribution in [3.8, 4) is 33.4 Å². The predicted octanol–water partition coefficient (Wildman–Crippen LogP) is 12.0. The largest absolute Gasteiger partial charge is 0.0888 e. The lowest BCUT2D eigenvalue weighted by molar-refractivity contribution is 0.265. The summed E-state index contributed by atoms with van der Waals surface area (Å²) >= 11 is 1.90. The van der Waals surface area contributed by atoms with E-state index in [1.807, 2.05) is 11.8 Å². The van der Waals surface area contributed by atoms with E-state index in [0.29, 0.717) is 0 Å². The van der Waals surface area contributed by atoms with Gasteiger partial charge in [-0.2, -0.15) is 0 Å². The Bertz CT molecular complexity index is 2520. The molecular weight excluding hydrogens is 585 g/mol. The summed E-state index contributed by atoms with van der Waals surface area (Å²) in [5.41, 5.74) is 16.0. The second kappa shape index (κ2) is 9.03. The molecule has 220 valence electrons. The van der Waals surface area contributed by atoms with Gasteiger partial charge < -0.3 is 0 Å². The van der Waals surface area contributed by atoms with Crippen molar-refractivity contribution < 1.29 is 0 Å². The molecule has 0 aromatic heterocycles. The van der Waals surface area contributed by atoms with Crippen LogP contribution in [0.1, 0.15) is 29.2 Å². The summed E-state index contributed by atoms with van der Waals surface area (Å²) in [6.45, 7) is 2.55. The van der Waals surface area contributed by atoms with E-state index in [1.165, 1.54) is 87.3 Å². The summed E-state index contributed by atoms with van der Waals surface area (Å²) in [7, 11) is 0. The Morgan fingerprint density at radius 2 is 1.21 bits per heavy atom. The van der Waals surface area contributed by atoms with Crippen molar-refractivity contribution in [3.63, 3.8) is 0 Å². The second-order valence-corrected chi connectivity index (χ2v) is 14.8. The number of benzene rings is 6. The van der Waals surface area contributed by atoms with Crippen LogP contribution in [0, 0.1) is 11.3 Å². The summed E-state index contributed by atoms with van der Waals surface area (Å²) in [5.74, 6) is 0.260. The standard InChI is InChI=1S/C46H30S/c1-45-35-18-6-2-12-28(35)25-27-36(45)32-14-3-7-19-37(32)46(45)38-20-8-4-15-33(38)43-30(17-11-21-39(43)46)31-26-24-29-13-10-23-41-42(29)44(31)34-16-5-9-22-40(34)47-41/h2-27,35H,1H3. The van der Waals surface area contributed by atoms with Gasteiger partial charge >= 0.3 is 0 Å². The summed E-state index contributed by atoms with van der Waals surface area (Å²) in [5, 5.41) is 2.68. The number of rotatable bonds is 1. The number of allylic oxidation sites excluding steroid dienone is 8. The van der Waals surface area contributed by atoms with E-state index in [2.05, 4.69) is 165 Å². The van der Waals surface area contributed by atoms with Gasteiger partial charge in [0.15, 0.2) is 0 Å². The maximum atomic E-state index is 2.55. The highest BCUT2D eigenvalue weighted by Gasteiger charge is 2.66. The lowest BCUT2D eigenvalue weighted by atomic mass is 9.51. The zero-order valence-electron chi connectivity index (χ0n) is 26.0. The monoisotopic (exact) mass is 614 g/mol. The van der Waals surface area contributed by atoms with Gasteiger partial charge in [-0.1, -0.05) is 164 Å². The second-order valence-electron chi connectivity index (χ2n) is 13.7. The van der Waals surface area contributed by atoms with E-state index in [4.69, 9.17) is 0 Å². The molecule has 0 bridgehead atoms. The Balaban J connectivity index is 1.28. The minimum Gasteiger partial charge on any atom is -0.0888 e. The minimum absolute atomic E-state index is 0.212. The van der Waals surface area contributed by atoms with E-state index in [-0.39, 0.29) is 16.7 Å². The molecule has 0 saturated heterocycles. The molecule has 4 aliphatic carbocycles. The summed E-state index contributed by atoms with van der Waals surface area (Å²) in [6.07, 6.45) is 14.0. The number of hydrogen-bond acceptors (Lipinski definition) is 1. The third-order valence-electron chi connectivity index (χ3n) is 11.8. The van der Waals surface area contributed by atoms with Crippen LogP contribution in [-0.4, -0.2) is 0 Å². The van der Waals surface area contributed by atoms with Crippen LogP contribution in [0.15, 0.2) is 173 Å². The van der Waals surface area contributed by atoms with Gasteiger partial charge in [0, 0.05) is 26.5 Å². The predicted molar refractivity (Wildman–Crippen MR) is 197 cm³/mol. The molecule has 11 rings (SSSR count). The van der Waals surface area contributed by atoms with Crippen LogP contribution < -0.4 is 0 Å². The van der Waals surface area contributed by atoms with Crippen LogP contribution >= 0.6 is 11.8 Å². The SMILES string of the molecule is CC12C(=CC=C3C=CC=CC31)c1ccccc1C21c2ccccc2-c2c(-c3ccc4cccc5c4c3-c3ccccc3S5)cccc21. The molecule has 3 unspecified atom stereocenters. The van der Waals surface area contributed by atoms with E-state index < -0.39 is 0 Å². The normalized spacial score (nSPS) is 23.4. The van der Waals surface area contributed by atoms with Crippen LogP contribution in [0.25, 0.3) is 49.7 Å². The molecular formula is C46H30S. The maximum absolute atomic E-state index is 2.55. The molecule has 1 spiro atoms. The molecule has 0 amide bonds. The molecule has 1 heteroatoms. The molecule has 1 heterocycles. The number of hydrogen-bond donors (Lipinski definition) is 0. The lowest BCUT2D eigenvalue weighted by Crippen LogP contribution is -2.47. The molecule has 0 saturated carbocycles. The molecule has 0 fully saturated rings. The quantitative estimate of drug-likeness (QED) is 0.177. The summed E-state index contributed by atoms with van der Waals surface area (Å²) < 4.78 is 0. The highest BCUT2D eigenvalue weighted by Crippen LogP contribution is 2.74. The van der Waals surface area contributed by atoms with Crippen molar-refractivity contribution in [2.75, 3.05) is 0 Å². The first kappa shape index (κ1) is 26.0. The average Bonchev–Trinajstić information content (AvgIpc) is 3.56. The Kier molecular flexibility index (Phi) is 5.00. The maximum Gasteiger partial charge on any atom is 0.0572 e. The van der Waals surface area contributed by atoms with E-state index >= 15 is 0 Å². The molecule has 0 radical (unpaired) electrons. The fraction of sp³-hybridized carbons (Fsp3) is 0.0870. The van der Waals surface area contributed by atoms with Gasteiger partial charge in [-0.05, 0) is 84.3 Å². The lowest BCUT2D eigenvalue weighted by Gasteiger charge is -2.50. The van der Waals surface area contributed by atoms with Gasteiger partial charge in [-0.25, -0.2) is 0 Å². The Morgan fingerprint density at radius 1 is 0.532 bits per heavy atom. The first-order valence-electron chi connectivity index (χ1n) is 16.6. The van der Waals surface area contributed by atoms with Crippen molar-refractivity contribution in [2.45, 2.75) is 22.1 Å². The number of fused-ring (bicyclic) bond motifs is 14. The Morgan fingerprint density at radius 3 is 2.11 bits per heavy atom. The molecule has 6 aromatic carbocycles. The zero-order chi connectivity index (χ0) is 30.9. The fourth-order valence-corrected chi connectivity index (χ4v) is 11.2. The smallest absolute Gasteiger partial charge is 0.0572 e. The first-order chi connectivity index (χ1) is 23.2. The van der Waals surface area contributed by atoms with Gasteiger partial charge in [-0.3, -0.25) is 0 Å². The van der Waals surface area contributed by atoms with Crippen molar-refractivity contribution in [1.82, 2.24) is 0 Å². The Hall–Kier alpha value is -5.11. The van der Waals surface area contributed by atoms with Crippen LogP contribution in [0.5, 0.6) is 0 Å². The highest BCUT2D eigenvalue weighted by molar-refractivity contribution is 7.99. The van der Waals surface area contributed by atoms with Gasteiger partial charge in [0.2, 0.25) is 0 Å². The fourth-order valence-electron chi connectivity index (χ4n) is 10.1. The molecule has 0 nitrogen and oxygen atoms in total. The molecule has 0 N–H and O–H groups in total.